The van der Waals surface area contributed by atoms with E-state index in [1.54, 1.807) is 16.7 Å². The molecule has 0 aliphatic rings. The van der Waals surface area contributed by atoms with E-state index in [1.807, 2.05) is 59.9 Å². The van der Waals surface area contributed by atoms with Crippen LogP contribution in [-0.4, -0.2) is 14.8 Å². The molecule has 6 aromatic rings. The highest BCUT2D eigenvalue weighted by atomic mass is 79.9. The molecule has 0 saturated carbocycles. The van der Waals surface area contributed by atoms with E-state index in [1.165, 1.54) is 0 Å². The Bertz CT molecular complexity index is 1730. The summed E-state index contributed by atoms with van der Waals surface area (Å²) in [5, 5.41) is 2.35. The number of para-hydroxylation sites is 1. The fraction of sp³-hybridized carbons (Fsp3) is 0.0833. The highest BCUT2D eigenvalue weighted by molar-refractivity contribution is 9.10. The van der Waals surface area contributed by atoms with Crippen LogP contribution in [0.2, 0.25) is 0 Å². The van der Waals surface area contributed by atoms with Gasteiger partial charge in [0.2, 0.25) is 11.4 Å². The number of carbonyl (C=O) groups excluding carboxylic acids is 1. The second kappa shape index (κ2) is 6.46. The van der Waals surface area contributed by atoms with Crippen molar-refractivity contribution in [2.45, 2.75) is 13.5 Å². The fourth-order valence-corrected chi connectivity index (χ4v) is 4.71. The van der Waals surface area contributed by atoms with Gasteiger partial charge in [-0.05, 0) is 47.1 Å². The number of fused-ring (bicyclic) bond motifs is 7. The third-order valence-electron chi connectivity index (χ3n) is 5.67. The quantitative estimate of drug-likeness (QED) is 0.305. The number of hydrogen-bond donors (Lipinski definition) is 0. The Labute approximate surface area is 183 Å². The molecule has 0 aliphatic carbocycles. The average molecular weight is 475 g/mol. The molecule has 31 heavy (non-hydrogen) atoms. The molecule has 7 heteroatoms. The summed E-state index contributed by atoms with van der Waals surface area (Å²) in [6, 6.07) is 18.4. The molecule has 0 aliphatic heterocycles. The molecule has 0 radical (unpaired) electrons. The van der Waals surface area contributed by atoms with E-state index in [-0.39, 0.29) is 22.7 Å². The molecule has 0 fully saturated rings. The lowest BCUT2D eigenvalue weighted by Crippen LogP contribution is -2.22. The largest absolute Gasteiger partial charge is 0.449 e. The molecule has 0 bridgehead atoms. The van der Waals surface area contributed by atoms with Crippen LogP contribution < -0.4 is 5.56 Å². The Morgan fingerprint density at radius 3 is 2.35 bits per heavy atom. The zero-order valence-corrected chi connectivity index (χ0v) is 18.0. The van der Waals surface area contributed by atoms with Crippen LogP contribution in [0.3, 0.4) is 0 Å². The maximum Gasteiger partial charge on any atom is 0.297 e. The molecule has 4 aromatic heterocycles. The highest BCUT2D eigenvalue weighted by Crippen LogP contribution is 2.35. The van der Waals surface area contributed by atoms with Crippen molar-refractivity contribution >= 4 is 60.2 Å². The standard InChI is InChI=1S/C24H15BrN2O4/c1-2-26-23-14-8-4-3-7-13(14)19(21(28)17-11-12-18(25)30-17)27(23)20-15-9-5-6-10-16(15)31-22(20)24(26)29/h3-12H,2H2,1H3. The van der Waals surface area contributed by atoms with Gasteiger partial charge in [-0.3, -0.25) is 18.6 Å². The Balaban J connectivity index is 1.94. The summed E-state index contributed by atoms with van der Waals surface area (Å²) in [4.78, 5) is 27.1. The topological polar surface area (TPSA) is 69.8 Å². The number of nitrogens with zero attached hydrogens (tertiary/aromatic N) is 2. The Kier molecular flexibility index (Phi) is 3.79. The van der Waals surface area contributed by atoms with Crippen LogP contribution in [0.4, 0.5) is 0 Å². The van der Waals surface area contributed by atoms with E-state index in [0.717, 1.165) is 16.2 Å². The monoisotopic (exact) mass is 474 g/mol. The summed E-state index contributed by atoms with van der Waals surface area (Å²) in [7, 11) is 0. The van der Waals surface area contributed by atoms with E-state index in [0.29, 0.717) is 33.7 Å². The van der Waals surface area contributed by atoms with Crippen molar-refractivity contribution in [2.75, 3.05) is 0 Å². The van der Waals surface area contributed by atoms with E-state index in [2.05, 4.69) is 15.9 Å². The molecule has 0 saturated heterocycles. The summed E-state index contributed by atoms with van der Waals surface area (Å²) in [5.74, 6) is -0.0537. The van der Waals surface area contributed by atoms with Crippen LogP contribution in [0.25, 0.3) is 38.5 Å². The fourth-order valence-electron chi connectivity index (χ4n) is 4.40. The highest BCUT2D eigenvalue weighted by Gasteiger charge is 2.27. The number of halogens is 1. The van der Waals surface area contributed by atoms with Gasteiger partial charge in [-0.25, -0.2) is 0 Å². The Morgan fingerprint density at radius 1 is 0.935 bits per heavy atom. The summed E-state index contributed by atoms with van der Waals surface area (Å²) in [5.41, 5.74) is 2.30. The summed E-state index contributed by atoms with van der Waals surface area (Å²) in [6.07, 6.45) is 0. The van der Waals surface area contributed by atoms with Crippen molar-refractivity contribution in [1.82, 2.24) is 8.97 Å². The van der Waals surface area contributed by atoms with E-state index < -0.39 is 0 Å². The molecular weight excluding hydrogens is 460 g/mol. The number of benzene rings is 2. The molecule has 6 rings (SSSR count). The molecule has 0 atom stereocenters. The lowest BCUT2D eigenvalue weighted by molar-refractivity contribution is 0.100. The minimum atomic E-state index is -0.269. The second-order valence-electron chi connectivity index (χ2n) is 7.31. The summed E-state index contributed by atoms with van der Waals surface area (Å²) < 4.78 is 15.6. The number of aromatic nitrogens is 2. The van der Waals surface area contributed by atoms with E-state index >= 15 is 0 Å². The first-order chi connectivity index (χ1) is 15.1. The number of ketones is 1. The predicted octanol–water partition coefficient (Wildman–Crippen LogP) is 5.76. The first-order valence-corrected chi connectivity index (χ1v) is 10.7. The van der Waals surface area contributed by atoms with Crippen molar-refractivity contribution in [3.63, 3.8) is 0 Å². The molecule has 4 heterocycles. The lowest BCUT2D eigenvalue weighted by atomic mass is 10.1. The van der Waals surface area contributed by atoms with Gasteiger partial charge in [-0.1, -0.05) is 36.4 Å². The summed E-state index contributed by atoms with van der Waals surface area (Å²) in [6.45, 7) is 2.34. The second-order valence-corrected chi connectivity index (χ2v) is 8.09. The first kappa shape index (κ1) is 18.2. The van der Waals surface area contributed by atoms with Crippen LogP contribution in [0, 0.1) is 0 Å². The van der Waals surface area contributed by atoms with Crippen molar-refractivity contribution in [1.29, 1.82) is 0 Å². The molecule has 152 valence electrons. The van der Waals surface area contributed by atoms with Crippen LogP contribution >= 0.6 is 15.9 Å². The average Bonchev–Trinajstić information content (AvgIpc) is 3.47. The van der Waals surface area contributed by atoms with Crippen LogP contribution in [-0.2, 0) is 6.54 Å². The number of aryl methyl sites for hydroxylation is 1. The van der Waals surface area contributed by atoms with Crippen molar-refractivity contribution < 1.29 is 13.6 Å². The van der Waals surface area contributed by atoms with Gasteiger partial charge in [0, 0.05) is 22.7 Å². The van der Waals surface area contributed by atoms with Gasteiger partial charge in [-0.15, -0.1) is 0 Å². The Morgan fingerprint density at radius 2 is 1.65 bits per heavy atom. The smallest absolute Gasteiger partial charge is 0.297 e. The molecule has 0 amide bonds. The van der Waals surface area contributed by atoms with Gasteiger partial charge < -0.3 is 8.83 Å². The van der Waals surface area contributed by atoms with Gasteiger partial charge in [0.15, 0.2) is 10.4 Å². The normalized spacial score (nSPS) is 11.9. The molecule has 0 N–H and O–H groups in total. The van der Waals surface area contributed by atoms with Crippen molar-refractivity contribution in [2.24, 2.45) is 0 Å². The van der Waals surface area contributed by atoms with Crippen LogP contribution in [0.15, 0.2) is 79.0 Å². The number of carbonyl (C=O) groups is 1. The van der Waals surface area contributed by atoms with Gasteiger partial charge in [0.1, 0.15) is 22.4 Å². The van der Waals surface area contributed by atoms with Gasteiger partial charge in [0.05, 0.1) is 0 Å². The van der Waals surface area contributed by atoms with E-state index in [9.17, 15) is 9.59 Å². The van der Waals surface area contributed by atoms with Gasteiger partial charge >= 0.3 is 0 Å². The van der Waals surface area contributed by atoms with Gasteiger partial charge in [-0.2, -0.15) is 0 Å². The molecule has 6 nitrogen and oxygen atoms in total. The van der Waals surface area contributed by atoms with Crippen molar-refractivity contribution in [3.8, 4) is 0 Å². The minimum Gasteiger partial charge on any atom is -0.449 e. The first-order valence-electron chi connectivity index (χ1n) is 9.87. The predicted molar refractivity (Wildman–Crippen MR) is 122 cm³/mol. The molecule has 0 unspecified atom stereocenters. The Hall–Kier alpha value is -3.58. The van der Waals surface area contributed by atoms with Crippen LogP contribution in [0.5, 0.6) is 0 Å². The maximum absolute atomic E-state index is 13.7. The number of furan rings is 2. The zero-order chi connectivity index (χ0) is 21.3. The number of rotatable bonds is 3. The minimum absolute atomic E-state index is 0.215. The third-order valence-corrected chi connectivity index (χ3v) is 6.10. The van der Waals surface area contributed by atoms with Crippen LogP contribution in [0.1, 0.15) is 23.2 Å². The zero-order valence-electron chi connectivity index (χ0n) is 16.4. The van der Waals surface area contributed by atoms with E-state index in [4.69, 9.17) is 8.83 Å². The molecule has 2 aromatic carbocycles. The summed E-state index contributed by atoms with van der Waals surface area (Å²) >= 11 is 3.28. The number of hydrogen-bond acceptors (Lipinski definition) is 4. The van der Waals surface area contributed by atoms with Crippen molar-refractivity contribution in [3.05, 3.63) is 87.1 Å². The SMILES string of the molecule is CCn1c(=O)c2oc3ccccc3c2n2c(C(=O)c3ccc(Br)o3)c3ccccc3c12. The molecule has 0 spiro atoms. The third kappa shape index (κ3) is 2.38. The molecular formula is C24H15BrN2O4. The lowest BCUT2D eigenvalue weighted by Gasteiger charge is -2.09. The maximum atomic E-state index is 13.7. The van der Waals surface area contributed by atoms with Gasteiger partial charge in [0.25, 0.3) is 5.56 Å².